The van der Waals surface area contributed by atoms with Crippen LogP contribution in [0.3, 0.4) is 0 Å². The number of rotatable bonds is 4. The first kappa shape index (κ1) is 10.4. The minimum absolute atomic E-state index is 0.0195. The maximum atomic E-state index is 5.86. The highest BCUT2D eigenvalue weighted by Gasteiger charge is 2.20. The van der Waals surface area contributed by atoms with Crippen LogP contribution in [0.4, 0.5) is 0 Å². The van der Waals surface area contributed by atoms with Crippen molar-refractivity contribution >= 4 is 0 Å². The molecule has 1 fully saturated rings. The summed E-state index contributed by atoms with van der Waals surface area (Å²) in [6.45, 7) is 3.40. The molecule has 1 aromatic rings. The average molecular weight is 208 g/mol. The highest BCUT2D eigenvalue weighted by atomic mass is 16.6. The lowest BCUT2D eigenvalue weighted by Crippen LogP contribution is -2.38. The van der Waals surface area contributed by atoms with Gasteiger partial charge in [-0.15, -0.1) is 0 Å². The Morgan fingerprint density at radius 1 is 1.60 bits per heavy atom. The Labute approximate surface area is 89.4 Å². The van der Waals surface area contributed by atoms with Gasteiger partial charge >= 0.3 is 0 Å². The lowest BCUT2D eigenvalue weighted by atomic mass is 10.1. The van der Waals surface area contributed by atoms with E-state index in [0.717, 1.165) is 17.9 Å². The minimum Gasteiger partial charge on any atom is -0.484 e. The van der Waals surface area contributed by atoms with E-state index in [4.69, 9.17) is 15.2 Å². The van der Waals surface area contributed by atoms with Gasteiger partial charge in [-0.1, -0.05) is 6.92 Å². The number of nitrogens with two attached hydrogens (primary N) is 1. The van der Waals surface area contributed by atoms with E-state index in [1.54, 1.807) is 6.20 Å². The van der Waals surface area contributed by atoms with Crippen LogP contribution in [0, 0.1) is 0 Å². The predicted molar refractivity (Wildman–Crippen MR) is 56.7 cm³/mol. The second-order valence-corrected chi connectivity index (χ2v) is 3.71. The largest absolute Gasteiger partial charge is 0.484 e. The molecule has 0 spiro atoms. The minimum atomic E-state index is 0.0195. The second kappa shape index (κ2) is 4.59. The van der Waals surface area contributed by atoms with E-state index < -0.39 is 0 Å². The van der Waals surface area contributed by atoms with Crippen molar-refractivity contribution in [1.29, 1.82) is 0 Å². The van der Waals surface area contributed by atoms with Crippen LogP contribution in [0.15, 0.2) is 18.3 Å². The van der Waals surface area contributed by atoms with E-state index in [0.29, 0.717) is 13.2 Å². The summed E-state index contributed by atoms with van der Waals surface area (Å²) in [5.41, 5.74) is 6.77. The topological polar surface area (TPSA) is 57.4 Å². The van der Waals surface area contributed by atoms with Crippen molar-refractivity contribution in [1.82, 2.24) is 4.98 Å². The van der Waals surface area contributed by atoms with Gasteiger partial charge in [0.25, 0.3) is 0 Å². The van der Waals surface area contributed by atoms with Gasteiger partial charge in [0, 0.05) is 6.04 Å². The van der Waals surface area contributed by atoms with Gasteiger partial charge in [0.1, 0.15) is 11.9 Å². The third-order valence-corrected chi connectivity index (χ3v) is 2.49. The van der Waals surface area contributed by atoms with Crippen LogP contribution in [0.25, 0.3) is 0 Å². The van der Waals surface area contributed by atoms with Crippen molar-refractivity contribution in [2.75, 3.05) is 13.2 Å². The molecule has 0 amide bonds. The summed E-state index contributed by atoms with van der Waals surface area (Å²) in [4.78, 5) is 4.27. The maximum Gasteiger partial charge on any atom is 0.145 e. The Morgan fingerprint density at radius 2 is 2.40 bits per heavy atom. The Kier molecular flexibility index (Phi) is 3.18. The molecule has 1 aromatic heterocycles. The number of hydrogen-bond donors (Lipinski definition) is 1. The Hall–Kier alpha value is -1.13. The number of aromatic nitrogens is 1. The summed E-state index contributed by atoms with van der Waals surface area (Å²) in [5.74, 6) is 0.787. The van der Waals surface area contributed by atoms with E-state index in [1.165, 1.54) is 0 Å². The van der Waals surface area contributed by atoms with Crippen LogP contribution >= 0.6 is 0 Å². The van der Waals surface area contributed by atoms with Crippen molar-refractivity contribution in [3.8, 4) is 5.75 Å². The Morgan fingerprint density at radius 3 is 2.87 bits per heavy atom. The fraction of sp³-hybridized carbons (Fsp3) is 0.545. The third kappa shape index (κ3) is 2.46. The van der Waals surface area contributed by atoms with E-state index >= 15 is 0 Å². The van der Waals surface area contributed by atoms with Gasteiger partial charge in [-0.25, -0.2) is 0 Å². The maximum absolute atomic E-state index is 5.86. The van der Waals surface area contributed by atoms with E-state index in [1.807, 2.05) is 19.1 Å². The van der Waals surface area contributed by atoms with Crippen LogP contribution in [-0.4, -0.2) is 24.3 Å². The van der Waals surface area contributed by atoms with Crippen LogP contribution in [0.2, 0.25) is 0 Å². The fourth-order valence-electron chi connectivity index (χ4n) is 1.36. The smallest absolute Gasteiger partial charge is 0.145 e. The highest BCUT2D eigenvalue weighted by molar-refractivity contribution is 5.21. The molecule has 0 aromatic carbocycles. The molecule has 0 aliphatic carbocycles. The average Bonchev–Trinajstić information content (AvgIpc) is 2.23. The van der Waals surface area contributed by atoms with Crippen LogP contribution in [0.1, 0.15) is 25.1 Å². The zero-order valence-corrected chi connectivity index (χ0v) is 8.85. The molecule has 15 heavy (non-hydrogen) atoms. The van der Waals surface area contributed by atoms with Gasteiger partial charge in [-0.05, 0) is 18.6 Å². The molecule has 1 aliphatic rings. The van der Waals surface area contributed by atoms with Gasteiger partial charge in [0.15, 0.2) is 0 Å². The van der Waals surface area contributed by atoms with E-state index in [2.05, 4.69) is 4.98 Å². The zero-order chi connectivity index (χ0) is 10.7. The molecule has 2 heterocycles. The summed E-state index contributed by atoms with van der Waals surface area (Å²) in [7, 11) is 0. The first-order valence-corrected chi connectivity index (χ1v) is 5.25. The van der Waals surface area contributed by atoms with Gasteiger partial charge in [-0.2, -0.15) is 0 Å². The number of hydrogen-bond acceptors (Lipinski definition) is 4. The SMILES string of the molecule is CC[C@H](N)c1ccc(OC2COC2)cn1. The van der Waals surface area contributed by atoms with E-state index in [-0.39, 0.29) is 12.1 Å². The molecule has 0 radical (unpaired) electrons. The molecule has 4 nitrogen and oxygen atoms in total. The molecule has 1 saturated heterocycles. The summed E-state index contributed by atoms with van der Waals surface area (Å²) < 4.78 is 10.6. The van der Waals surface area contributed by atoms with Crippen molar-refractivity contribution in [3.05, 3.63) is 24.0 Å². The second-order valence-electron chi connectivity index (χ2n) is 3.71. The predicted octanol–water partition coefficient (Wildman–Crippen LogP) is 1.27. The molecule has 1 atom stereocenters. The Bertz CT molecular complexity index is 309. The van der Waals surface area contributed by atoms with Crippen molar-refractivity contribution in [2.45, 2.75) is 25.5 Å². The molecular formula is C11H16N2O2. The first-order valence-electron chi connectivity index (χ1n) is 5.25. The Balaban J connectivity index is 1.96. The number of pyridine rings is 1. The molecule has 1 aliphatic heterocycles. The molecule has 2 rings (SSSR count). The van der Waals surface area contributed by atoms with Gasteiger partial charge in [-0.3, -0.25) is 4.98 Å². The van der Waals surface area contributed by atoms with E-state index in [9.17, 15) is 0 Å². The van der Waals surface area contributed by atoms with Crippen molar-refractivity contribution < 1.29 is 9.47 Å². The van der Waals surface area contributed by atoms with Gasteiger partial charge in [0.05, 0.1) is 25.1 Å². The van der Waals surface area contributed by atoms with Crippen LogP contribution in [0.5, 0.6) is 5.75 Å². The van der Waals surface area contributed by atoms with Gasteiger partial charge < -0.3 is 15.2 Å². The standard InChI is InChI=1S/C11H16N2O2/c1-2-10(12)11-4-3-8(5-13-11)15-9-6-14-7-9/h3-5,9-10H,2,6-7,12H2,1H3/t10-/m0/s1. The quantitative estimate of drug-likeness (QED) is 0.809. The summed E-state index contributed by atoms with van der Waals surface area (Å²) in [5, 5.41) is 0. The molecular weight excluding hydrogens is 192 g/mol. The van der Waals surface area contributed by atoms with Gasteiger partial charge in [0.2, 0.25) is 0 Å². The van der Waals surface area contributed by atoms with Crippen LogP contribution in [-0.2, 0) is 4.74 Å². The lowest BCUT2D eigenvalue weighted by Gasteiger charge is -2.26. The molecule has 4 heteroatoms. The first-order chi connectivity index (χ1) is 7.29. The monoisotopic (exact) mass is 208 g/mol. The molecule has 2 N–H and O–H groups in total. The molecule has 82 valence electrons. The molecule has 0 bridgehead atoms. The fourth-order valence-corrected chi connectivity index (χ4v) is 1.36. The summed E-state index contributed by atoms with van der Waals surface area (Å²) in [6, 6.07) is 3.85. The molecule has 0 saturated carbocycles. The van der Waals surface area contributed by atoms with Crippen molar-refractivity contribution in [3.63, 3.8) is 0 Å². The summed E-state index contributed by atoms with van der Waals surface area (Å²) in [6.07, 6.45) is 2.81. The van der Waals surface area contributed by atoms with Crippen molar-refractivity contribution in [2.24, 2.45) is 5.73 Å². The number of nitrogens with zero attached hydrogens (tertiary/aromatic N) is 1. The zero-order valence-electron chi connectivity index (χ0n) is 8.85. The third-order valence-electron chi connectivity index (χ3n) is 2.49. The highest BCUT2D eigenvalue weighted by Crippen LogP contribution is 2.17. The summed E-state index contributed by atoms with van der Waals surface area (Å²) >= 11 is 0. The normalized spacial score (nSPS) is 18.3. The molecule has 0 unspecified atom stereocenters. The number of ether oxygens (including phenoxy) is 2. The van der Waals surface area contributed by atoms with Crippen LogP contribution < -0.4 is 10.5 Å². The lowest BCUT2D eigenvalue weighted by molar-refractivity contribution is -0.0798.